The Kier molecular flexibility index (Phi) is 5.28. The van der Waals surface area contributed by atoms with Crippen molar-refractivity contribution in [2.75, 3.05) is 12.0 Å². The van der Waals surface area contributed by atoms with Crippen molar-refractivity contribution in [3.8, 4) is 11.5 Å². The topological polar surface area (TPSA) is 53.8 Å². The van der Waals surface area contributed by atoms with Crippen molar-refractivity contribution < 1.29 is 9.84 Å². The molecule has 2 aromatic carbocycles. The zero-order valence-electron chi connectivity index (χ0n) is 12.9. The molecule has 116 valence electrons. The average molecular weight is 319 g/mol. The van der Waals surface area contributed by atoms with Gasteiger partial charge in [-0.25, -0.2) is 0 Å². The van der Waals surface area contributed by atoms with E-state index in [0.717, 1.165) is 11.3 Å². The molecule has 2 N–H and O–H groups in total. The van der Waals surface area contributed by atoms with Gasteiger partial charge in [-0.3, -0.25) is 5.43 Å². The Bertz CT molecular complexity index is 699. The van der Waals surface area contributed by atoms with Crippen LogP contribution in [0, 0.1) is 13.8 Å². The molecule has 22 heavy (non-hydrogen) atoms. The first kappa shape index (κ1) is 16.2. The fourth-order valence-electron chi connectivity index (χ4n) is 1.93. The second kappa shape index (κ2) is 7.18. The van der Waals surface area contributed by atoms with Gasteiger partial charge in [-0.1, -0.05) is 17.7 Å². The molecule has 2 aromatic rings. The molecule has 0 heterocycles. The molecule has 2 rings (SSSR count). The van der Waals surface area contributed by atoms with E-state index in [1.165, 1.54) is 11.1 Å². The van der Waals surface area contributed by atoms with Crippen molar-refractivity contribution in [1.29, 1.82) is 0 Å². The molecule has 0 aromatic heterocycles. The highest BCUT2D eigenvalue weighted by Gasteiger charge is 2.08. The van der Waals surface area contributed by atoms with Crippen LogP contribution in [0.4, 0.5) is 5.69 Å². The van der Waals surface area contributed by atoms with Gasteiger partial charge in [0, 0.05) is 0 Å². The Hall–Kier alpha value is -2.20. The van der Waals surface area contributed by atoms with Crippen LogP contribution < -0.4 is 10.2 Å². The molecule has 0 spiro atoms. The third kappa shape index (κ3) is 3.92. The van der Waals surface area contributed by atoms with Crippen molar-refractivity contribution in [2.45, 2.75) is 20.8 Å². The van der Waals surface area contributed by atoms with Crippen LogP contribution in [0.2, 0.25) is 5.02 Å². The van der Waals surface area contributed by atoms with Crippen LogP contribution in [0.3, 0.4) is 0 Å². The first-order valence-electron chi connectivity index (χ1n) is 7.03. The van der Waals surface area contributed by atoms with Crippen LogP contribution in [-0.2, 0) is 0 Å². The summed E-state index contributed by atoms with van der Waals surface area (Å²) in [6.45, 7) is 6.41. The molecular weight excluding hydrogens is 300 g/mol. The summed E-state index contributed by atoms with van der Waals surface area (Å²) >= 11 is 5.98. The van der Waals surface area contributed by atoms with Crippen LogP contribution in [-0.4, -0.2) is 17.9 Å². The molecular formula is C17H19ClN2O2. The normalized spacial score (nSPS) is 10.9. The fraction of sp³-hybridized carbons (Fsp3) is 0.235. The third-order valence-corrected chi connectivity index (χ3v) is 3.55. The van der Waals surface area contributed by atoms with Crippen molar-refractivity contribution in [2.24, 2.45) is 5.10 Å². The maximum atomic E-state index is 9.80. The highest BCUT2D eigenvalue weighted by Crippen LogP contribution is 2.34. The van der Waals surface area contributed by atoms with Crippen molar-refractivity contribution in [3.05, 3.63) is 52.0 Å². The summed E-state index contributed by atoms with van der Waals surface area (Å²) in [7, 11) is 0. The van der Waals surface area contributed by atoms with Gasteiger partial charge >= 0.3 is 0 Å². The number of rotatable bonds is 5. The van der Waals surface area contributed by atoms with Crippen LogP contribution in [0.1, 0.15) is 23.6 Å². The van der Waals surface area contributed by atoms with E-state index in [1.807, 2.05) is 25.1 Å². The molecule has 0 amide bonds. The van der Waals surface area contributed by atoms with E-state index in [0.29, 0.717) is 12.4 Å². The Morgan fingerprint density at radius 1 is 1.23 bits per heavy atom. The zero-order valence-corrected chi connectivity index (χ0v) is 13.6. The molecule has 0 saturated carbocycles. The molecule has 0 unspecified atom stereocenters. The van der Waals surface area contributed by atoms with Gasteiger partial charge in [0.1, 0.15) is 0 Å². The molecule has 4 nitrogen and oxygen atoms in total. The minimum Gasteiger partial charge on any atom is -0.503 e. The number of hydrazone groups is 1. The summed E-state index contributed by atoms with van der Waals surface area (Å²) in [6.07, 6.45) is 1.63. The second-order valence-electron chi connectivity index (χ2n) is 4.95. The molecule has 0 radical (unpaired) electrons. The van der Waals surface area contributed by atoms with E-state index in [9.17, 15) is 5.11 Å². The molecule has 0 saturated heterocycles. The smallest absolute Gasteiger partial charge is 0.176 e. The van der Waals surface area contributed by atoms with Gasteiger partial charge in [-0.05, 0) is 61.7 Å². The number of benzene rings is 2. The van der Waals surface area contributed by atoms with Crippen molar-refractivity contribution in [1.82, 2.24) is 0 Å². The Balaban J connectivity index is 2.14. The molecule has 0 fully saturated rings. The molecule has 0 bridgehead atoms. The second-order valence-corrected chi connectivity index (χ2v) is 5.36. The molecule has 5 heteroatoms. The highest BCUT2D eigenvalue weighted by atomic mass is 35.5. The number of aromatic hydroxyl groups is 1. The van der Waals surface area contributed by atoms with Gasteiger partial charge in [-0.15, -0.1) is 0 Å². The van der Waals surface area contributed by atoms with Gasteiger partial charge in [0.05, 0.1) is 23.5 Å². The van der Waals surface area contributed by atoms with E-state index >= 15 is 0 Å². The molecule has 0 atom stereocenters. The number of nitrogens with zero attached hydrogens (tertiary/aromatic N) is 1. The minimum absolute atomic E-state index is 0.0530. The molecule has 0 aliphatic carbocycles. The van der Waals surface area contributed by atoms with E-state index < -0.39 is 0 Å². The monoisotopic (exact) mass is 318 g/mol. The standard InChI is InChI=1S/C17H19ClN2O2/c1-4-22-16-9-13(8-15(18)17(16)21)10-19-20-14-6-5-11(2)12(3)7-14/h5-10,20-21H,4H2,1-3H3. The predicted octanol–water partition coefficient (Wildman–Crippen LogP) is 4.51. The Morgan fingerprint density at radius 3 is 2.68 bits per heavy atom. The summed E-state index contributed by atoms with van der Waals surface area (Å²) in [6, 6.07) is 9.36. The van der Waals surface area contributed by atoms with Gasteiger partial charge in [-0.2, -0.15) is 5.10 Å². The lowest BCUT2D eigenvalue weighted by Crippen LogP contribution is -1.95. The lowest BCUT2D eigenvalue weighted by molar-refractivity contribution is 0.318. The van der Waals surface area contributed by atoms with E-state index in [2.05, 4.69) is 24.4 Å². The Labute approximate surface area is 135 Å². The van der Waals surface area contributed by atoms with Crippen molar-refractivity contribution >= 4 is 23.5 Å². The number of phenolic OH excluding ortho intramolecular Hbond substituents is 1. The zero-order chi connectivity index (χ0) is 16.1. The number of hydrogen-bond donors (Lipinski definition) is 2. The minimum atomic E-state index is -0.0530. The first-order chi connectivity index (χ1) is 10.5. The summed E-state index contributed by atoms with van der Waals surface area (Å²) in [5, 5.41) is 14.2. The van der Waals surface area contributed by atoms with Gasteiger partial charge in [0.15, 0.2) is 11.5 Å². The van der Waals surface area contributed by atoms with E-state index in [4.69, 9.17) is 16.3 Å². The van der Waals surface area contributed by atoms with E-state index in [1.54, 1.807) is 18.3 Å². The Morgan fingerprint density at radius 2 is 2.00 bits per heavy atom. The van der Waals surface area contributed by atoms with Crippen LogP contribution >= 0.6 is 11.6 Å². The lowest BCUT2D eigenvalue weighted by atomic mass is 10.1. The number of aryl methyl sites for hydroxylation is 2. The van der Waals surface area contributed by atoms with Gasteiger partial charge < -0.3 is 9.84 Å². The molecule has 0 aliphatic heterocycles. The number of nitrogens with one attached hydrogen (secondary N) is 1. The van der Waals surface area contributed by atoms with E-state index in [-0.39, 0.29) is 10.8 Å². The fourth-order valence-corrected chi connectivity index (χ4v) is 2.15. The summed E-state index contributed by atoms with van der Waals surface area (Å²) in [5.74, 6) is 0.297. The highest BCUT2D eigenvalue weighted by molar-refractivity contribution is 6.32. The summed E-state index contributed by atoms with van der Waals surface area (Å²) in [4.78, 5) is 0. The first-order valence-corrected chi connectivity index (χ1v) is 7.40. The SMILES string of the molecule is CCOc1cc(C=NNc2ccc(C)c(C)c2)cc(Cl)c1O. The largest absolute Gasteiger partial charge is 0.503 e. The number of ether oxygens (including phenoxy) is 1. The van der Waals surface area contributed by atoms with Crippen LogP contribution in [0.5, 0.6) is 11.5 Å². The quantitative estimate of drug-likeness (QED) is 0.630. The number of hydrogen-bond acceptors (Lipinski definition) is 4. The third-order valence-electron chi connectivity index (χ3n) is 3.26. The molecule has 0 aliphatic rings. The predicted molar refractivity (Wildman–Crippen MR) is 91.4 cm³/mol. The van der Waals surface area contributed by atoms with Gasteiger partial charge in [0.25, 0.3) is 0 Å². The average Bonchev–Trinajstić information content (AvgIpc) is 2.48. The van der Waals surface area contributed by atoms with Crippen molar-refractivity contribution in [3.63, 3.8) is 0 Å². The summed E-state index contributed by atoms with van der Waals surface area (Å²) < 4.78 is 5.34. The van der Waals surface area contributed by atoms with Crippen LogP contribution in [0.25, 0.3) is 0 Å². The number of anilines is 1. The maximum absolute atomic E-state index is 9.80. The lowest BCUT2D eigenvalue weighted by Gasteiger charge is -2.08. The maximum Gasteiger partial charge on any atom is 0.176 e. The number of halogens is 1. The van der Waals surface area contributed by atoms with Crippen LogP contribution in [0.15, 0.2) is 35.4 Å². The van der Waals surface area contributed by atoms with Gasteiger partial charge in [0.2, 0.25) is 0 Å². The number of phenols is 1. The summed E-state index contributed by atoms with van der Waals surface area (Å²) in [5.41, 5.74) is 7.06.